The Bertz CT molecular complexity index is 589. The lowest BCUT2D eigenvalue weighted by Gasteiger charge is -2.30. The number of nitrogens with zero attached hydrogens (tertiary/aromatic N) is 1. The number of likely N-dealkylation sites (tertiary alicyclic amines) is 1. The Morgan fingerprint density at radius 3 is 2.86 bits per heavy atom. The molecule has 0 saturated carbocycles. The third kappa shape index (κ3) is 3.94. The van der Waals surface area contributed by atoms with E-state index in [-0.39, 0.29) is 17.5 Å². The second kappa shape index (κ2) is 6.74. The molecular weight excluding hydrogens is 290 g/mol. The molecule has 0 radical (unpaired) electrons. The van der Waals surface area contributed by atoms with Crippen molar-refractivity contribution in [3.63, 3.8) is 0 Å². The van der Waals surface area contributed by atoms with Gasteiger partial charge < -0.3 is 15.4 Å². The van der Waals surface area contributed by atoms with E-state index in [9.17, 15) is 8.42 Å². The fourth-order valence-corrected chi connectivity index (χ4v) is 3.94. The van der Waals surface area contributed by atoms with Crippen molar-refractivity contribution in [3.05, 3.63) is 23.8 Å². The van der Waals surface area contributed by atoms with Crippen molar-refractivity contribution in [3.8, 4) is 5.75 Å². The van der Waals surface area contributed by atoms with Crippen molar-refractivity contribution in [2.75, 3.05) is 27.2 Å². The number of nitrogens with one attached hydrogen (secondary N) is 1. The Morgan fingerprint density at radius 1 is 1.48 bits per heavy atom. The highest BCUT2D eigenvalue weighted by molar-refractivity contribution is 7.89. The van der Waals surface area contributed by atoms with Crippen molar-refractivity contribution in [1.82, 2.24) is 9.62 Å². The van der Waals surface area contributed by atoms with Gasteiger partial charge in [-0.25, -0.2) is 13.1 Å². The van der Waals surface area contributed by atoms with Crippen molar-refractivity contribution < 1.29 is 13.2 Å². The minimum Gasteiger partial charge on any atom is -0.496 e. The number of sulfonamides is 1. The number of likely N-dealkylation sites (N-methyl/N-ethyl adjacent to an activating group) is 1. The Kier molecular flexibility index (Phi) is 5.21. The molecule has 0 amide bonds. The molecule has 1 unspecified atom stereocenters. The number of methoxy groups -OCH3 is 1. The van der Waals surface area contributed by atoms with Crippen molar-refractivity contribution in [2.45, 2.75) is 30.3 Å². The monoisotopic (exact) mass is 313 g/mol. The molecule has 1 atom stereocenters. The zero-order chi connectivity index (χ0) is 15.5. The summed E-state index contributed by atoms with van der Waals surface area (Å²) in [5, 5.41) is 0. The molecule has 118 valence electrons. The van der Waals surface area contributed by atoms with Crippen molar-refractivity contribution in [2.24, 2.45) is 5.73 Å². The van der Waals surface area contributed by atoms with E-state index in [4.69, 9.17) is 10.5 Å². The van der Waals surface area contributed by atoms with Crippen LogP contribution in [0.5, 0.6) is 5.75 Å². The van der Waals surface area contributed by atoms with E-state index in [2.05, 4.69) is 9.62 Å². The normalized spacial score (nSPS) is 20.4. The largest absolute Gasteiger partial charge is 0.496 e. The molecule has 1 saturated heterocycles. The van der Waals surface area contributed by atoms with Crippen LogP contribution in [0, 0.1) is 0 Å². The third-order valence-corrected chi connectivity index (χ3v) is 5.25. The summed E-state index contributed by atoms with van der Waals surface area (Å²) in [7, 11) is 0.0121. The standard InChI is InChI=1S/C14H23N3O3S/c1-17-7-3-4-12(10-17)16-21(18,19)13-5-6-14(20-2)11(8-13)9-15/h5-6,8,12,16H,3-4,7,9-10,15H2,1-2H3. The molecule has 0 bridgehead atoms. The van der Waals surface area contributed by atoms with Gasteiger partial charge in [-0.1, -0.05) is 0 Å². The van der Waals surface area contributed by atoms with Gasteiger partial charge in [0, 0.05) is 24.7 Å². The summed E-state index contributed by atoms with van der Waals surface area (Å²) in [5.41, 5.74) is 6.32. The fourth-order valence-electron chi connectivity index (χ4n) is 2.63. The van der Waals surface area contributed by atoms with E-state index >= 15 is 0 Å². The maximum absolute atomic E-state index is 12.5. The second-order valence-corrected chi connectivity index (χ2v) is 7.11. The predicted molar refractivity (Wildman–Crippen MR) is 81.7 cm³/mol. The first kappa shape index (κ1) is 16.2. The zero-order valence-corrected chi connectivity index (χ0v) is 13.3. The summed E-state index contributed by atoms with van der Waals surface area (Å²) >= 11 is 0. The minimum absolute atomic E-state index is 0.0443. The van der Waals surface area contributed by atoms with Gasteiger partial charge in [0.25, 0.3) is 0 Å². The Hall–Kier alpha value is -1.15. The third-order valence-electron chi connectivity index (χ3n) is 3.73. The predicted octanol–water partition coefficient (Wildman–Crippen LogP) is 0.526. The first-order chi connectivity index (χ1) is 9.96. The summed E-state index contributed by atoms with van der Waals surface area (Å²) < 4.78 is 32.9. The maximum Gasteiger partial charge on any atom is 0.240 e. The van der Waals surface area contributed by atoms with Gasteiger partial charge in [-0.05, 0) is 44.6 Å². The summed E-state index contributed by atoms with van der Waals surface area (Å²) in [6.45, 7) is 1.98. The summed E-state index contributed by atoms with van der Waals surface area (Å²) in [6.07, 6.45) is 1.86. The molecule has 1 aliphatic rings. The highest BCUT2D eigenvalue weighted by atomic mass is 32.2. The molecule has 2 rings (SSSR count). The first-order valence-corrected chi connectivity index (χ1v) is 8.52. The quantitative estimate of drug-likeness (QED) is 0.828. The fraction of sp³-hybridized carbons (Fsp3) is 0.571. The lowest BCUT2D eigenvalue weighted by molar-refractivity contribution is 0.242. The second-order valence-electron chi connectivity index (χ2n) is 5.40. The van der Waals surface area contributed by atoms with Crippen LogP contribution in [0.2, 0.25) is 0 Å². The molecule has 1 aliphatic heterocycles. The van der Waals surface area contributed by atoms with E-state index in [1.165, 1.54) is 0 Å². The number of benzene rings is 1. The maximum atomic E-state index is 12.5. The molecule has 7 heteroatoms. The van der Waals surface area contributed by atoms with E-state index < -0.39 is 10.0 Å². The number of rotatable bonds is 5. The van der Waals surface area contributed by atoms with Gasteiger partial charge in [0.15, 0.2) is 0 Å². The topological polar surface area (TPSA) is 84.7 Å². The molecular formula is C14H23N3O3S. The molecule has 0 aliphatic carbocycles. The molecule has 3 N–H and O–H groups in total. The Balaban J connectivity index is 2.19. The molecule has 21 heavy (non-hydrogen) atoms. The Morgan fingerprint density at radius 2 is 2.24 bits per heavy atom. The number of hydrogen-bond acceptors (Lipinski definition) is 5. The lowest BCUT2D eigenvalue weighted by atomic mass is 10.1. The first-order valence-electron chi connectivity index (χ1n) is 7.04. The van der Waals surface area contributed by atoms with E-state index in [1.807, 2.05) is 7.05 Å². The highest BCUT2D eigenvalue weighted by Gasteiger charge is 2.24. The number of ether oxygens (including phenoxy) is 1. The summed E-state index contributed by atoms with van der Waals surface area (Å²) in [6, 6.07) is 4.72. The van der Waals surface area contributed by atoms with Crippen LogP contribution in [0.15, 0.2) is 23.1 Å². The van der Waals surface area contributed by atoms with Gasteiger partial charge in [-0.2, -0.15) is 0 Å². The average molecular weight is 313 g/mol. The van der Waals surface area contributed by atoms with Gasteiger partial charge >= 0.3 is 0 Å². The van der Waals surface area contributed by atoms with Gasteiger partial charge in [0.05, 0.1) is 12.0 Å². The SMILES string of the molecule is COc1ccc(S(=O)(=O)NC2CCCN(C)C2)cc1CN. The molecule has 0 aromatic heterocycles. The molecule has 1 aromatic rings. The van der Waals surface area contributed by atoms with Crippen molar-refractivity contribution >= 4 is 10.0 Å². The van der Waals surface area contributed by atoms with Crippen LogP contribution in [-0.4, -0.2) is 46.6 Å². The molecule has 1 aromatic carbocycles. The van der Waals surface area contributed by atoms with Crippen LogP contribution in [0.3, 0.4) is 0 Å². The number of hydrogen-bond donors (Lipinski definition) is 2. The summed E-state index contributed by atoms with van der Waals surface area (Å²) in [5.74, 6) is 0.605. The van der Waals surface area contributed by atoms with Crippen molar-refractivity contribution in [1.29, 1.82) is 0 Å². The number of nitrogens with two attached hydrogens (primary N) is 1. The van der Waals surface area contributed by atoms with E-state index in [1.54, 1.807) is 25.3 Å². The van der Waals surface area contributed by atoms with Gasteiger partial charge in [0.2, 0.25) is 10.0 Å². The average Bonchev–Trinajstić information content (AvgIpc) is 2.46. The molecule has 6 nitrogen and oxygen atoms in total. The highest BCUT2D eigenvalue weighted by Crippen LogP contribution is 2.22. The minimum atomic E-state index is -3.53. The van der Waals surface area contributed by atoms with Crippen LogP contribution >= 0.6 is 0 Å². The van der Waals surface area contributed by atoms with E-state index in [0.29, 0.717) is 11.3 Å². The van der Waals surface area contributed by atoms with Crippen LogP contribution in [0.25, 0.3) is 0 Å². The smallest absolute Gasteiger partial charge is 0.240 e. The lowest BCUT2D eigenvalue weighted by Crippen LogP contribution is -2.46. The Labute approximate surface area is 126 Å². The molecule has 1 heterocycles. The van der Waals surface area contributed by atoms with Gasteiger partial charge in [-0.3, -0.25) is 0 Å². The molecule has 0 spiro atoms. The van der Waals surface area contributed by atoms with Crippen LogP contribution in [-0.2, 0) is 16.6 Å². The summed E-state index contributed by atoms with van der Waals surface area (Å²) in [4.78, 5) is 2.37. The van der Waals surface area contributed by atoms with Gasteiger partial charge in [-0.15, -0.1) is 0 Å². The molecule has 1 fully saturated rings. The number of piperidine rings is 1. The van der Waals surface area contributed by atoms with E-state index in [0.717, 1.165) is 25.9 Å². The van der Waals surface area contributed by atoms with Crippen LogP contribution in [0.1, 0.15) is 18.4 Å². The van der Waals surface area contributed by atoms with Gasteiger partial charge in [0.1, 0.15) is 5.75 Å². The van der Waals surface area contributed by atoms with Crippen LogP contribution < -0.4 is 15.2 Å². The van der Waals surface area contributed by atoms with Crippen LogP contribution in [0.4, 0.5) is 0 Å². The zero-order valence-electron chi connectivity index (χ0n) is 12.5.